The van der Waals surface area contributed by atoms with Crippen LogP contribution in [-0.2, 0) is 9.53 Å². The quantitative estimate of drug-likeness (QED) is 0.467. The zero-order valence-electron chi connectivity index (χ0n) is 10.3. The molecule has 0 radical (unpaired) electrons. The smallest absolute Gasteiger partial charge is 0.330 e. The molecule has 0 bridgehead atoms. The first-order valence-corrected chi connectivity index (χ1v) is 6.06. The highest BCUT2D eigenvalue weighted by molar-refractivity contribution is 5.94. The van der Waals surface area contributed by atoms with Crippen molar-refractivity contribution in [2.75, 3.05) is 7.11 Å². The Morgan fingerprint density at radius 1 is 1.56 bits per heavy atom. The molecule has 0 amide bonds. The van der Waals surface area contributed by atoms with E-state index in [4.69, 9.17) is 4.42 Å². The molecule has 4 nitrogen and oxygen atoms in total. The van der Waals surface area contributed by atoms with E-state index in [1.165, 1.54) is 19.4 Å². The Balaban J connectivity index is 2.02. The highest BCUT2D eigenvalue weighted by atomic mass is 16.5. The number of hydrogen-bond acceptors (Lipinski definition) is 4. The fourth-order valence-corrected chi connectivity index (χ4v) is 2.34. The van der Waals surface area contributed by atoms with Crippen molar-refractivity contribution >= 4 is 11.8 Å². The second-order valence-electron chi connectivity index (χ2n) is 4.44. The number of esters is 1. The minimum Gasteiger partial charge on any atom is -0.466 e. The lowest BCUT2D eigenvalue weighted by atomic mass is 9.95. The van der Waals surface area contributed by atoms with E-state index in [-0.39, 0.29) is 17.7 Å². The SMILES string of the molecule is COC(=O)/C=C1/CCC[C@H]1CC(=O)c1ccco1. The second-order valence-corrected chi connectivity index (χ2v) is 4.44. The third kappa shape index (κ3) is 2.88. The average molecular weight is 248 g/mol. The molecule has 1 fully saturated rings. The van der Waals surface area contributed by atoms with E-state index in [1.807, 2.05) is 0 Å². The van der Waals surface area contributed by atoms with Crippen LogP contribution in [-0.4, -0.2) is 18.9 Å². The number of furan rings is 1. The molecule has 1 aliphatic carbocycles. The van der Waals surface area contributed by atoms with Gasteiger partial charge in [0.2, 0.25) is 0 Å². The average Bonchev–Trinajstić information content (AvgIpc) is 3.01. The predicted octanol–water partition coefficient (Wildman–Crippen LogP) is 2.75. The number of ether oxygens (including phenoxy) is 1. The van der Waals surface area contributed by atoms with E-state index in [9.17, 15) is 9.59 Å². The van der Waals surface area contributed by atoms with Crippen molar-refractivity contribution in [3.63, 3.8) is 0 Å². The zero-order chi connectivity index (χ0) is 13.0. The molecule has 0 saturated heterocycles. The summed E-state index contributed by atoms with van der Waals surface area (Å²) >= 11 is 0. The Morgan fingerprint density at radius 3 is 3.06 bits per heavy atom. The molecular formula is C14H16O4. The number of carbonyl (C=O) groups is 2. The molecule has 4 heteroatoms. The maximum Gasteiger partial charge on any atom is 0.330 e. The van der Waals surface area contributed by atoms with Crippen molar-refractivity contribution in [2.45, 2.75) is 25.7 Å². The molecule has 1 aliphatic rings. The Bertz CT molecular complexity index is 456. The van der Waals surface area contributed by atoms with Crippen LogP contribution in [0.1, 0.15) is 36.2 Å². The third-order valence-corrected chi connectivity index (χ3v) is 3.27. The summed E-state index contributed by atoms with van der Waals surface area (Å²) in [6.45, 7) is 0. The van der Waals surface area contributed by atoms with Crippen molar-refractivity contribution in [3.8, 4) is 0 Å². The zero-order valence-corrected chi connectivity index (χ0v) is 10.3. The van der Waals surface area contributed by atoms with Gasteiger partial charge in [-0.05, 0) is 37.3 Å². The number of allylic oxidation sites excluding steroid dienone is 1. The summed E-state index contributed by atoms with van der Waals surface area (Å²) in [4.78, 5) is 23.2. The Labute approximate surface area is 106 Å². The summed E-state index contributed by atoms with van der Waals surface area (Å²) in [6, 6.07) is 3.37. The molecule has 2 rings (SSSR count). The number of rotatable bonds is 4. The van der Waals surface area contributed by atoms with Gasteiger partial charge in [0.05, 0.1) is 13.4 Å². The van der Waals surface area contributed by atoms with Gasteiger partial charge in [0.1, 0.15) is 0 Å². The summed E-state index contributed by atoms with van der Waals surface area (Å²) in [5.41, 5.74) is 1.02. The van der Waals surface area contributed by atoms with E-state index >= 15 is 0 Å². The van der Waals surface area contributed by atoms with Crippen molar-refractivity contribution < 1.29 is 18.7 Å². The Hall–Kier alpha value is -1.84. The molecule has 96 valence electrons. The summed E-state index contributed by atoms with van der Waals surface area (Å²) in [7, 11) is 1.36. The summed E-state index contributed by atoms with van der Waals surface area (Å²) in [5.74, 6) is 0.172. The standard InChI is InChI=1S/C14H16O4/c1-17-14(16)9-11-5-2-4-10(11)8-12(15)13-6-3-7-18-13/h3,6-7,9-10H,2,4-5,8H2,1H3/b11-9-/t10-/m0/s1. The molecule has 0 spiro atoms. The normalized spacial score (nSPS) is 21.2. The third-order valence-electron chi connectivity index (χ3n) is 3.27. The topological polar surface area (TPSA) is 56.5 Å². The molecule has 1 aromatic rings. The van der Waals surface area contributed by atoms with Crippen LogP contribution in [0, 0.1) is 5.92 Å². The monoisotopic (exact) mass is 248 g/mol. The maximum atomic E-state index is 11.9. The first-order chi connectivity index (χ1) is 8.70. The molecule has 0 unspecified atom stereocenters. The second kappa shape index (κ2) is 5.67. The first kappa shape index (κ1) is 12.6. The van der Waals surface area contributed by atoms with Gasteiger partial charge in [-0.25, -0.2) is 4.79 Å². The van der Waals surface area contributed by atoms with Gasteiger partial charge in [0, 0.05) is 12.5 Å². The molecule has 0 aliphatic heterocycles. The van der Waals surface area contributed by atoms with Crippen LogP contribution < -0.4 is 0 Å². The van der Waals surface area contributed by atoms with Crippen molar-refractivity contribution in [3.05, 3.63) is 35.8 Å². The molecular weight excluding hydrogens is 232 g/mol. The Morgan fingerprint density at radius 2 is 2.39 bits per heavy atom. The van der Waals surface area contributed by atoms with E-state index in [0.29, 0.717) is 12.2 Å². The van der Waals surface area contributed by atoms with Gasteiger partial charge in [0.25, 0.3) is 0 Å². The van der Waals surface area contributed by atoms with Gasteiger partial charge in [-0.1, -0.05) is 5.57 Å². The lowest BCUT2D eigenvalue weighted by Crippen LogP contribution is -2.08. The van der Waals surface area contributed by atoms with Crippen molar-refractivity contribution in [1.29, 1.82) is 0 Å². The lowest BCUT2D eigenvalue weighted by Gasteiger charge is -2.09. The number of methoxy groups -OCH3 is 1. The van der Waals surface area contributed by atoms with Crippen LogP contribution in [0.4, 0.5) is 0 Å². The predicted molar refractivity (Wildman–Crippen MR) is 65.1 cm³/mol. The van der Waals surface area contributed by atoms with Gasteiger partial charge in [0.15, 0.2) is 11.5 Å². The fraction of sp³-hybridized carbons (Fsp3) is 0.429. The van der Waals surface area contributed by atoms with E-state index in [0.717, 1.165) is 24.8 Å². The number of hydrogen-bond donors (Lipinski definition) is 0. The molecule has 1 aromatic heterocycles. The van der Waals surface area contributed by atoms with Crippen LogP contribution in [0.2, 0.25) is 0 Å². The van der Waals surface area contributed by atoms with Crippen LogP contribution in [0.5, 0.6) is 0 Å². The number of carbonyl (C=O) groups excluding carboxylic acids is 2. The van der Waals surface area contributed by atoms with Crippen molar-refractivity contribution in [1.82, 2.24) is 0 Å². The highest BCUT2D eigenvalue weighted by Crippen LogP contribution is 2.34. The maximum absolute atomic E-state index is 11.9. The van der Waals surface area contributed by atoms with Gasteiger partial charge < -0.3 is 9.15 Å². The largest absolute Gasteiger partial charge is 0.466 e. The minimum atomic E-state index is -0.345. The van der Waals surface area contributed by atoms with Crippen LogP contribution in [0.15, 0.2) is 34.5 Å². The summed E-state index contributed by atoms with van der Waals surface area (Å²) < 4.78 is 9.70. The van der Waals surface area contributed by atoms with E-state index < -0.39 is 0 Å². The van der Waals surface area contributed by atoms with Crippen LogP contribution in [0.25, 0.3) is 0 Å². The molecule has 18 heavy (non-hydrogen) atoms. The van der Waals surface area contributed by atoms with Crippen molar-refractivity contribution in [2.24, 2.45) is 5.92 Å². The van der Waals surface area contributed by atoms with E-state index in [1.54, 1.807) is 12.1 Å². The summed E-state index contributed by atoms with van der Waals surface area (Å²) in [6.07, 6.45) is 6.23. The molecule has 1 heterocycles. The molecule has 1 atom stereocenters. The lowest BCUT2D eigenvalue weighted by molar-refractivity contribution is -0.134. The fourth-order valence-electron chi connectivity index (χ4n) is 2.34. The van der Waals surface area contributed by atoms with Gasteiger partial charge >= 0.3 is 5.97 Å². The number of Topliss-reactive ketones (excluding diaryl/α,β-unsaturated/α-hetero) is 1. The molecule has 1 saturated carbocycles. The minimum absolute atomic E-state index is 0.0114. The molecule has 0 aromatic carbocycles. The van der Waals surface area contributed by atoms with Gasteiger partial charge in [-0.2, -0.15) is 0 Å². The van der Waals surface area contributed by atoms with Gasteiger partial charge in [-0.3, -0.25) is 4.79 Å². The highest BCUT2D eigenvalue weighted by Gasteiger charge is 2.25. The Kier molecular flexibility index (Phi) is 3.97. The van der Waals surface area contributed by atoms with Crippen LogP contribution in [0.3, 0.4) is 0 Å². The number of ketones is 1. The summed E-state index contributed by atoms with van der Waals surface area (Å²) in [5, 5.41) is 0. The first-order valence-electron chi connectivity index (χ1n) is 6.06. The van der Waals surface area contributed by atoms with Crippen LogP contribution >= 0.6 is 0 Å². The molecule has 0 N–H and O–H groups in total. The van der Waals surface area contributed by atoms with E-state index in [2.05, 4.69) is 4.74 Å². The van der Waals surface area contributed by atoms with Gasteiger partial charge in [-0.15, -0.1) is 0 Å².